The van der Waals surface area contributed by atoms with Gasteiger partial charge in [0, 0.05) is 5.25 Å². The Kier molecular flexibility index (Phi) is 6.23. The van der Waals surface area contributed by atoms with Crippen LogP contribution in [0.4, 0.5) is 0 Å². The Morgan fingerprint density at radius 1 is 1.08 bits per heavy atom. The average Bonchev–Trinajstić information content (AvgIpc) is 1.85. The van der Waals surface area contributed by atoms with Crippen LogP contribution in [0.1, 0.15) is 32.1 Å². The summed E-state index contributed by atoms with van der Waals surface area (Å²) in [6, 6.07) is 0. The lowest BCUT2D eigenvalue weighted by Crippen LogP contribution is -2.03. The largest absolute Gasteiger partial charge is 0.466 e. The molecule has 6 heteroatoms. The highest BCUT2D eigenvalue weighted by atomic mass is 32.1. The normalized spacial score (nSPS) is 19.7. The molecule has 1 saturated carbocycles. The van der Waals surface area contributed by atoms with E-state index in [0.29, 0.717) is 0 Å². The van der Waals surface area contributed by atoms with Gasteiger partial charge >= 0.3 is 7.82 Å². The van der Waals surface area contributed by atoms with Crippen molar-refractivity contribution in [2.45, 2.75) is 37.4 Å². The molecule has 0 amide bonds. The summed E-state index contributed by atoms with van der Waals surface area (Å²) < 4.78 is 8.88. The van der Waals surface area contributed by atoms with Gasteiger partial charge in [0.25, 0.3) is 0 Å². The molecule has 3 N–H and O–H groups in total. The fourth-order valence-corrected chi connectivity index (χ4v) is 1.45. The molecule has 0 heterocycles. The molecule has 1 rings (SSSR count). The first-order chi connectivity index (χ1) is 5.39. The molecule has 1 fully saturated rings. The van der Waals surface area contributed by atoms with E-state index in [4.69, 9.17) is 19.2 Å². The van der Waals surface area contributed by atoms with E-state index in [1.54, 1.807) is 0 Å². The van der Waals surface area contributed by atoms with E-state index in [1.807, 2.05) is 0 Å². The van der Waals surface area contributed by atoms with Gasteiger partial charge in [0.1, 0.15) is 0 Å². The molecule has 0 bridgehead atoms. The molecule has 0 unspecified atom stereocenters. The minimum Gasteiger partial charge on any atom is -0.303 e. The van der Waals surface area contributed by atoms with E-state index in [9.17, 15) is 0 Å². The summed E-state index contributed by atoms with van der Waals surface area (Å²) in [5, 5.41) is 0.730. The first-order valence-corrected chi connectivity index (χ1v) is 5.94. The maximum Gasteiger partial charge on any atom is 0.466 e. The molecule has 0 radical (unpaired) electrons. The Labute approximate surface area is 77.7 Å². The lowest BCUT2D eigenvalue weighted by atomic mass is 10.0. The summed E-state index contributed by atoms with van der Waals surface area (Å²) >= 11 is 4.36. The second kappa shape index (κ2) is 6.00. The van der Waals surface area contributed by atoms with E-state index >= 15 is 0 Å². The maximum absolute atomic E-state index is 8.88. The standard InChI is InChI=1S/C6H12S.H3O4P/c7-6-4-2-1-3-5-6;1-5(2,3)4/h6-7H,1-5H2;(H3,1,2,3,4). The third-order valence-electron chi connectivity index (χ3n) is 1.57. The molecule has 4 nitrogen and oxygen atoms in total. The monoisotopic (exact) mass is 214 g/mol. The first-order valence-electron chi connectivity index (χ1n) is 3.86. The third-order valence-corrected chi connectivity index (χ3v) is 2.09. The summed E-state index contributed by atoms with van der Waals surface area (Å²) in [6.07, 6.45) is 6.96. The number of hydrogen-bond acceptors (Lipinski definition) is 2. The van der Waals surface area contributed by atoms with Crippen LogP contribution in [0.3, 0.4) is 0 Å². The second-order valence-electron chi connectivity index (χ2n) is 2.81. The topological polar surface area (TPSA) is 77.8 Å². The van der Waals surface area contributed by atoms with E-state index in [-0.39, 0.29) is 0 Å². The van der Waals surface area contributed by atoms with Gasteiger partial charge in [-0.1, -0.05) is 19.3 Å². The van der Waals surface area contributed by atoms with Crippen molar-refractivity contribution in [3.05, 3.63) is 0 Å². The lowest BCUT2D eigenvalue weighted by molar-refractivity contribution is 0.275. The molecule has 0 aromatic carbocycles. The zero-order valence-corrected chi connectivity index (χ0v) is 8.55. The fraction of sp³-hybridized carbons (Fsp3) is 1.00. The summed E-state index contributed by atoms with van der Waals surface area (Å²) in [4.78, 5) is 21.6. The number of hydrogen-bond donors (Lipinski definition) is 4. The van der Waals surface area contributed by atoms with E-state index in [0.717, 1.165) is 5.25 Å². The van der Waals surface area contributed by atoms with Gasteiger partial charge in [-0.2, -0.15) is 12.6 Å². The third kappa shape index (κ3) is 13.1. The van der Waals surface area contributed by atoms with E-state index in [2.05, 4.69) is 12.6 Å². The quantitative estimate of drug-likeness (QED) is 0.362. The molecule has 74 valence electrons. The van der Waals surface area contributed by atoms with Crippen LogP contribution in [-0.2, 0) is 4.57 Å². The zero-order chi connectivity index (χ0) is 9.61. The predicted molar refractivity (Wildman–Crippen MR) is 50.1 cm³/mol. The van der Waals surface area contributed by atoms with Crippen LogP contribution in [0.5, 0.6) is 0 Å². The Morgan fingerprint density at radius 2 is 1.42 bits per heavy atom. The smallest absolute Gasteiger partial charge is 0.303 e. The Morgan fingerprint density at radius 3 is 1.58 bits per heavy atom. The highest BCUT2D eigenvalue weighted by molar-refractivity contribution is 7.80. The van der Waals surface area contributed by atoms with Crippen molar-refractivity contribution in [1.29, 1.82) is 0 Å². The van der Waals surface area contributed by atoms with Crippen molar-refractivity contribution < 1.29 is 19.2 Å². The minimum atomic E-state index is -4.64. The molecule has 12 heavy (non-hydrogen) atoms. The van der Waals surface area contributed by atoms with Crippen molar-refractivity contribution in [2.75, 3.05) is 0 Å². The van der Waals surface area contributed by atoms with Crippen LogP contribution < -0.4 is 0 Å². The molecular weight excluding hydrogens is 199 g/mol. The Bertz CT molecular complexity index is 143. The van der Waals surface area contributed by atoms with Gasteiger partial charge in [-0.25, -0.2) is 4.57 Å². The van der Waals surface area contributed by atoms with Crippen LogP contribution in [0, 0.1) is 0 Å². The second-order valence-corrected chi connectivity index (χ2v) is 4.56. The highest BCUT2D eigenvalue weighted by Gasteiger charge is 2.06. The van der Waals surface area contributed by atoms with Gasteiger partial charge in [0.05, 0.1) is 0 Å². The number of thiol groups is 1. The van der Waals surface area contributed by atoms with Crippen molar-refractivity contribution >= 4 is 20.5 Å². The lowest BCUT2D eigenvalue weighted by Gasteiger charge is -2.14. The Hall–Kier alpha value is 0.460. The van der Waals surface area contributed by atoms with Crippen LogP contribution >= 0.6 is 20.5 Å². The van der Waals surface area contributed by atoms with E-state index < -0.39 is 7.82 Å². The first kappa shape index (κ1) is 12.5. The van der Waals surface area contributed by atoms with Crippen LogP contribution in [-0.4, -0.2) is 19.9 Å². The fourth-order valence-electron chi connectivity index (χ4n) is 1.08. The highest BCUT2D eigenvalue weighted by Crippen LogP contribution is 2.25. The van der Waals surface area contributed by atoms with Gasteiger partial charge in [0.2, 0.25) is 0 Å². The average molecular weight is 214 g/mol. The summed E-state index contributed by atoms with van der Waals surface area (Å²) in [7, 11) is -4.64. The molecule has 0 aromatic rings. The maximum atomic E-state index is 8.88. The molecule has 0 saturated heterocycles. The molecule has 1 aliphatic carbocycles. The van der Waals surface area contributed by atoms with Crippen molar-refractivity contribution in [3.63, 3.8) is 0 Å². The van der Waals surface area contributed by atoms with E-state index in [1.165, 1.54) is 32.1 Å². The van der Waals surface area contributed by atoms with Gasteiger partial charge in [0.15, 0.2) is 0 Å². The van der Waals surface area contributed by atoms with Crippen LogP contribution in [0.15, 0.2) is 0 Å². The molecule has 0 aliphatic heterocycles. The Balaban J connectivity index is 0.000000217. The molecule has 1 aliphatic rings. The van der Waals surface area contributed by atoms with Crippen molar-refractivity contribution in [1.82, 2.24) is 0 Å². The van der Waals surface area contributed by atoms with Crippen LogP contribution in [0.2, 0.25) is 0 Å². The van der Waals surface area contributed by atoms with Crippen LogP contribution in [0.25, 0.3) is 0 Å². The van der Waals surface area contributed by atoms with Crippen molar-refractivity contribution in [2.24, 2.45) is 0 Å². The zero-order valence-electron chi connectivity index (χ0n) is 6.76. The summed E-state index contributed by atoms with van der Waals surface area (Å²) in [5.41, 5.74) is 0. The molecular formula is C6H15O4PS. The van der Waals surface area contributed by atoms with Gasteiger partial charge in [-0.3, -0.25) is 0 Å². The summed E-state index contributed by atoms with van der Waals surface area (Å²) in [6.45, 7) is 0. The SMILES string of the molecule is O=P(O)(O)O.SC1CCCCC1. The molecule has 0 atom stereocenters. The minimum absolute atomic E-state index is 0.730. The number of rotatable bonds is 0. The van der Waals surface area contributed by atoms with Gasteiger partial charge < -0.3 is 14.7 Å². The van der Waals surface area contributed by atoms with Crippen molar-refractivity contribution in [3.8, 4) is 0 Å². The van der Waals surface area contributed by atoms with Gasteiger partial charge in [-0.05, 0) is 12.8 Å². The molecule has 0 aromatic heterocycles. The van der Waals surface area contributed by atoms with Gasteiger partial charge in [-0.15, -0.1) is 0 Å². The predicted octanol–water partition coefficient (Wildman–Crippen LogP) is 1.32. The number of phosphoric acid groups is 1. The summed E-state index contributed by atoms with van der Waals surface area (Å²) in [5.74, 6) is 0. The molecule has 0 spiro atoms.